The van der Waals surface area contributed by atoms with Gasteiger partial charge < -0.3 is 19.9 Å². The summed E-state index contributed by atoms with van der Waals surface area (Å²) in [5.41, 5.74) is 4.31. The molecule has 5 nitrogen and oxygen atoms in total. The first-order chi connectivity index (χ1) is 14.1. The summed E-state index contributed by atoms with van der Waals surface area (Å²) in [5, 5.41) is 3.98. The van der Waals surface area contributed by atoms with Gasteiger partial charge in [0, 0.05) is 33.2 Å². The number of hydrogen-bond donors (Lipinski definition) is 2. The van der Waals surface area contributed by atoms with Crippen LogP contribution in [-0.2, 0) is 4.79 Å². The Labute approximate surface area is 178 Å². The largest absolute Gasteiger partial charge is 0.492 e. The summed E-state index contributed by atoms with van der Waals surface area (Å²) >= 11 is 3.44. The zero-order valence-electron chi connectivity index (χ0n) is 16.6. The van der Waals surface area contributed by atoms with Gasteiger partial charge in [-0.2, -0.15) is 0 Å². The third-order valence-corrected chi connectivity index (χ3v) is 5.74. The summed E-state index contributed by atoms with van der Waals surface area (Å²) in [6.07, 6.45) is 1.90. The van der Waals surface area contributed by atoms with Crippen molar-refractivity contribution < 1.29 is 9.53 Å². The molecule has 1 aliphatic rings. The van der Waals surface area contributed by atoms with E-state index in [0.717, 1.165) is 57.7 Å². The van der Waals surface area contributed by atoms with Crippen LogP contribution < -0.4 is 10.1 Å². The van der Waals surface area contributed by atoms with Crippen LogP contribution >= 0.6 is 15.9 Å². The molecule has 0 unspecified atom stereocenters. The summed E-state index contributed by atoms with van der Waals surface area (Å²) in [6, 6.07) is 13.9. The second-order valence-corrected chi connectivity index (χ2v) is 7.97. The molecule has 2 aromatic carbocycles. The van der Waals surface area contributed by atoms with E-state index in [1.165, 1.54) is 0 Å². The number of likely N-dealkylation sites (N-methyl/N-ethyl adjacent to an activating group) is 1. The van der Waals surface area contributed by atoms with Gasteiger partial charge in [0.05, 0.1) is 11.3 Å². The second-order valence-electron chi connectivity index (χ2n) is 7.05. The van der Waals surface area contributed by atoms with E-state index in [2.05, 4.69) is 45.0 Å². The molecule has 1 aliphatic heterocycles. The molecule has 150 valence electrons. The normalized spacial score (nSPS) is 14.6. The highest BCUT2D eigenvalue weighted by molar-refractivity contribution is 9.10. The predicted octanol–water partition coefficient (Wildman–Crippen LogP) is 5.14. The fourth-order valence-electron chi connectivity index (χ4n) is 3.60. The average Bonchev–Trinajstić information content (AvgIpc) is 3.25. The third-order valence-electron chi connectivity index (χ3n) is 5.25. The third kappa shape index (κ3) is 4.23. The number of rotatable bonds is 7. The minimum atomic E-state index is -0.0859. The summed E-state index contributed by atoms with van der Waals surface area (Å²) in [7, 11) is 0. The van der Waals surface area contributed by atoms with E-state index in [-0.39, 0.29) is 5.91 Å². The Morgan fingerprint density at radius 1 is 1.10 bits per heavy atom. The van der Waals surface area contributed by atoms with Gasteiger partial charge in [-0.25, -0.2) is 0 Å². The van der Waals surface area contributed by atoms with Crippen LogP contribution in [0.25, 0.3) is 22.6 Å². The molecule has 2 N–H and O–H groups in total. The zero-order chi connectivity index (χ0) is 20.4. The molecule has 1 amide bonds. The molecule has 29 heavy (non-hydrogen) atoms. The van der Waals surface area contributed by atoms with Gasteiger partial charge in [-0.15, -0.1) is 0 Å². The molecule has 0 bridgehead atoms. The van der Waals surface area contributed by atoms with Crippen LogP contribution in [0.5, 0.6) is 5.75 Å². The molecule has 1 aromatic heterocycles. The highest BCUT2D eigenvalue weighted by atomic mass is 79.9. The lowest BCUT2D eigenvalue weighted by Gasteiger charge is -2.17. The van der Waals surface area contributed by atoms with Gasteiger partial charge in [-0.05, 0) is 55.6 Å². The van der Waals surface area contributed by atoms with Gasteiger partial charge in [0.1, 0.15) is 12.4 Å². The summed E-state index contributed by atoms with van der Waals surface area (Å²) in [6.45, 7) is 7.96. The number of benzene rings is 2. The quantitative estimate of drug-likeness (QED) is 0.486. The van der Waals surface area contributed by atoms with Crippen molar-refractivity contribution in [2.45, 2.75) is 13.8 Å². The van der Waals surface area contributed by atoms with Crippen LogP contribution in [0.15, 0.2) is 46.9 Å². The van der Waals surface area contributed by atoms with Gasteiger partial charge in [-0.1, -0.05) is 35.8 Å². The molecule has 0 aliphatic carbocycles. The molecular weight excluding hydrogens is 430 g/mol. The number of carbonyl (C=O) groups is 1. The molecular formula is C23H24BrN3O2. The van der Waals surface area contributed by atoms with Crippen molar-refractivity contribution in [1.82, 2.24) is 9.88 Å². The minimum absolute atomic E-state index is 0.0859. The first kappa shape index (κ1) is 19.7. The van der Waals surface area contributed by atoms with Gasteiger partial charge >= 0.3 is 0 Å². The standard InChI is InChI=1S/C23H24BrN3O2/c1-3-27(4-2)9-10-29-18-6-8-21-15(12-18)11-17(25-21)14-20-19-7-5-16(24)13-22(19)26-23(20)28/h5-8,11-14,25H,3-4,9-10H2,1-2H3,(H,26,28). The number of fused-ring (bicyclic) bond motifs is 2. The maximum absolute atomic E-state index is 12.4. The molecule has 0 saturated heterocycles. The topological polar surface area (TPSA) is 57.4 Å². The molecule has 3 aromatic rings. The van der Waals surface area contributed by atoms with E-state index in [0.29, 0.717) is 12.2 Å². The van der Waals surface area contributed by atoms with Crippen molar-refractivity contribution in [1.29, 1.82) is 0 Å². The van der Waals surface area contributed by atoms with Crippen LogP contribution in [-0.4, -0.2) is 42.0 Å². The number of amides is 1. The van der Waals surface area contributed by atoms with E-state index < -0.39 is 0 Å². The highest BCUT2D eigenvalue weighted by Gasteiger charge is 2.24. The Balaban J connectivity index is 1.54. The zero-order valence-corrected chi connectivity index (χ0v) is 18.2. The first-order valence-electron chi connectivity index (χ1n) is 9.88. The number of carbonyl (C=O) groups excluding carboxylic acids is 1. The lowest BCUT2D eigenvalue weighted by Crippen LogP contribution is -2.27. The van der Waals surface area contributed by atoms with Crippen molar-refractivity contribution >= 4 is 50.1 Å². The molecule has 0 atom stereocenters. The van der Waals surface area contributed by atoms with Crippen molar-refractivity contribution in [3.05, 3.63) is 58.2 Å². The molecule has 6 heteroatoms. The lowest BCUT2D eigenvalue weighted by molar-refractivity contribution is -0.110. The molecule has 0 saturated carbocycles. The van der Waals surface area contributed by atoms with Crippen LogP contribution in [0.1, 0.15) is 25.1 Å². The van der Waals surface area contributed by atoms with E-state index in [1.54, 1.807) is 0 Å². The van der Waals surface area contributed by atoms with Crippen molar-refractivity contribution in [2.75, 3.05) is 31.6 Å². The Hall–Kier alpha value is -2.57. The van der Waals surface area contributed by atoms with Gasteiger partial charge in [-0.3, -0.25) is 4.79 Å². The number of H-pyrrole nitrogens is 1. The molecule has 0 fully saturated rings. The number of aromatic nitrogens is 1. The van der Waals surface area contributed by atoms with Crippen LogP contribution in [0, 0.1) is 0 Å². The van der Waals surface area contributed by atoms with Crippen LogP contribution in [0.4, 0.5) is 5.69 Å². The molecule has 0 spiro atoms. The minimum Gasteiger partial charge on any atom is -0.492 e. The Bertz CT molecular complexity index is 1080. The lowest BCUT2D eigenvalue weighted by atomic mass is 10.1. The Morgan fingerprint density at radius 3 is 2.72 bits per heavy atom. The number of ether oxygens (including phenoxy) is 1. The van der Waals surface area contributed by atoms with Crippen LogP contribution in [0.2, 0.25) is 0 Å². The van der Waals surface area contributed by atoms with Crippen molar-refractivity contribution in [3.63, 3.8) is 0 Å². The summed E-state index contributed by atoms with van der Waals surface area (Å²) < 4.78 is 6.87. The fraction of sp³-hybridized carbons (Fsp3) is 0.261. The van der Waals surface area contributed by atoms with E-state index in [4.69, 9.17) is 4.74 Å². The van der Waals surface area contributed by atoms with E-state index in [1.807, 2.05) is 48.5 Å². The maximum atomic E-state index is 12.4. The van der Waals surface area contributed by atoms with Gasteiger partial charge in [0.2, 0.25) is 0 Å². The van der Waals surface area contributed by atoms with Crippen molar-refractivity contribution in [3.8, 4) is 5.75 Å². The maximum Gasteiger partial charge on any atom is 0.256 e. The number of nitrogens with one attached hydrogen (secondary N) is 2. The van der Waals surface area contributed by atoms with E-state index >= 15 is 0 Å². The Morgan fingerprint density at radius 2 is 1.93 bits per heavy atom. The predicted molar refractivity (Wildman–Crippen MR) is 122 cm³/mol. The smallest absolute Gasteiger partial charge is 0.256 e. The Kier molecular flexibility index (Phi) is 5.74. The summed E-state index contributed by atoms with van der Waals surface area (Å²) in [4.78, 5) is 18.1. The highest BCUT2D eigenvalue weighted by Crippen LogP contribution is 2.35. The number of anilines is 1. The molecule has 0 radical (unpaired) electrons. The van der Waals surface area contributed by atoms with Crippen LogP contribution in [0.3, 0.4) is 0 Å². The monoisotopic (exact) mass is 453 g/mol. The SMILES string of the molecule is CCN(CC)CCOc1ccc2[nH]c(C=C3C(=O)Nc4cc(Br)ccc43)cc2c1. The molecule has 4 rings (SSSR count). The second kappa shape index (κ2) is 8.43. The van der Waals surface area contributed by atoms with Gasteiger partial charge in [0.25, 0.3) is 5.91 Å². The van der Waals surface area contributed by atoms with Gasteiger partial charge in [0.15, 0.2) is 0 Å². The fourth-order valence-corrected chi connectivity index (χ4v) is 3.96. The summed E-state index contributed by atoms with van der Waals surface area (Å²) in [5.74, 6) is 0.772. The van der Waals surface area contributed by atoms with E-state index in [9.17, 15) is 4.79 Å². The number of aromatic amines is 1. The molecule has 2 heterocycles. The number of hydrogen-bond acceptors (Lipinski definition) is 3. The van der Waals surface area contributed by atoms with Crippen molar-refractivity contribution in [2.24, 2.45) is 0 Å². The number of halogens is 1. The first-order valence-corrected chi connectivity index (χ1v) is 10.7. The number of nitrogens with zero attached hydrogens (tertiary/aromatic N) is 1. The average molecular weight is 454 g/mol.